The summed E-state index contributed by atoms with van der Waals surface area (Å²) in [7, 11) is -2.41. The van der Waals surface area contributed by atoms with E-state index >= 15 is 0 Å². The van der Waals surface area contributed by atoms with Crippen molar-refractivity contribution in [3.8, 4) is 5.75 Å². The van der Waals surface area contributed by atoms with Gasteiger partial charge in [0.05, 0.1) is 36.4 Å². The molecule has 2 N–H and O–H groups in total. The number of nitrogens with zero attached hydrogens (tertiary/aromatic N) is 5. The van der Waals surface area contributed by atoms with Crippen molar-refractivity contribution in [3.63, 3.8) is 0 Å². The summed E-state index contributed by atoms with van der Waals surface area (Å²) in [5.74, 6) is -0.438. The number of aromatic nitrogens is 3. The van der Waals surface area contributed by atoms with Gasteiger partial charge in [0.25, 0.3) is 5.91 Å². The third kappa shape index (κ3) is 3.63. The number of benzene rings is 1. The third-order valence-corrected chi connectivity index (χ3v) is 7.19. The highest BCUT2D eigenvalue weighted by Gasteiger charge is 2.39. The summed E-state index contributed by atoms with van der Waals surface area (Å²) in [5, 5.41) is 8.18. The Labute approximate surface area is 173 Å². The fraction of sp³-hybridized carbons (Fsp3) is 0.444. The number of carbonyl (C=O) groups is 2. The summed E-state index contributed by atoms with van der Waals surface area (Å²) in [4.78, 5) is 25.0. The normalized spacial score (nSPS) is 17.9. The number of hydrogen-bond acceptors (Lipinski definition) is 7. The first-order valence-corrected chi connectivity index (χ1v) is 10.9. The minimum Gasteiger partial charge on any atom is -0.496 e. The fourth-order valence-electron chi connectivity index (χ4n) is 3.60. The Morgan fingerprint density at radius 2 is 2.10 bits per heavy atom. The molecule has 2 aliphatic heterocycles. The molecule has 0 aliphatic carbocycles. The van der Waals surface area contributed by atoms with Crippen LogP contribution >= 0.6 is 0 Å². The van der Waals surface area contributed by atoms with E-state index in [2.05, 4.69) is 10.3 Å². The fourth-order valence-corrected chi connectivity index (χ4v) is 5.14. The maximum Gasteiger partial charge on any atom is 0.252 e. The Balaban J connectivity index is 1.43. The van der Waals surface area contributed by atoms with Crippen molar-refractivity contribution in [2.24, 2.45) is 5.73 Å². The van der Waals surface area contributed by atoms with Gasteiger partial charge in [-0.3, -0.25) is 9.59 Å². The van der Waals surface area contributed by atoms with Crippen LogP contribution in [0.1, 0.15) is 34.9 Å². The Morgan fingerprint density at radius 3 is 2.73 bits per heavy atom. The lowest BCUT2D eigenvalue weighted by Gasteiger charge is -2.37. The van der Waals surface area contributed by atoms with E-state index in [1.165, 1.54) is 29.6 Å². The highest BCUT2D eigenvalue weighted by Crippen LogP contribution is 2.30. The summed E-state index contributed by atoms with van der Waals surface area (Å²) in [6.07, 6.45) is 3.16. The molecule has 0 atom stereocenters. The molecular formula is C18H22N6O5S. The Kier molecular flexibility index (Phi) is 5.20. The van der Waals surface area contributed by atoms with Crippen molar-refractivity contribution in [1.82, 2.24) is 24.2 Å². The Bertz CT molecular complexity index is 1090. The number of hydrogen-bond donors (Lipinski definition) is 1. The lowest BCUT2D eigenvalue weighted by Crippen LogP contribution is -2.50. The van der Waals surface area contributed by atoms with Crippen LogP contribution in [0, 0.1) is 0 Å². The molecule has 3 heterocycles. The molecule has 2 aromatic rings. The molecule has 0 unspecified atom stereocenters. The quantitative estimate of drug-likeness (QED) is 0.634. The van der Waals surface area contributed by atoms with Crippen LogP contribution in [-0.4, -0.2) is 71.2 Å². The molecule has 12 heteroatoms. The van der Waals surface area contributed by atoms with Crippen molar-refractivity contribution in [2.75, 3.05) is 26.7 Å². The van der Waals surface area contributed by atoms with Gasteiger partial charge < -0.3 is 15.4 Å². The number of likely N-dealkylation sites (tertiary alicyclic amines) is 1. The van der Waals surface area contributed by atoms with Gasteiger partial charge in [0.15, 0.2) is 0 Å². The lowest BCUT2D eigenvalue weighted by molar-refractivity contribution is -0.128. The summed E-state index contributed by atoms with van der Waals surface area (Å²) in [5.41, 5.74) is 6.00. The van der Waals surface area contributed by atoms with Crippen LogP contribution in [0.2, 0.25) is 0 Å². The first kappa shape index (κ1) is 20.3. The van der Waals surface area contributed by atoms with Gasteiger partial charge in [-0.05, 0) is 24.6 Å². The molecule has 160 valence electrons. The topological polar surface area (TPSA) is 141 Å². The monoisotopic (exact) mass is 434 g/mol. The summed E-state index contributed by atoms with van der Waals surface area (Å²) < 4.78 is 33.7. The number of amides is 2. The molecule has 2 saturated heterocycles. The minimum absolute atomic E-state index is 0.00743. The van der Waals surface area contributed by atoms with Gasteiger partial charge in [0, 0.05) is 26.1 Å². The van der Waals surface area contributed by atoms with E-state index in [4.69, 9.17) is 10.5 Å². The highest BCUT2D eigenvalue weighted by atomic mass is 32.2. The molecule has 1 aromatic carbocycles. The van der Waals surface area contributed by atoms with Crippen molar-refractivity contribution in [2.45, 2.75) is 30.3 Å². The maximum atomic E-state index is 12.9. The van der Waals surface area contributed by atoms with Gasteiger partial charge in [-0.2, -0.15) is 4.31 Å². The second-order valence-electron chi connectivity index (χ2n) is 7.31. The van der Waals surface area contributed by atoms with Crippen molar-refractivity contribution >= 4 is 21.8 Å². The van der Waals surface area contributed by atoms with Crippen molar-refractivity contribution in [1.29, 1.82) is 0 Å². The van der Waals surface area contributed by atoms with E-state index in [1.807, 2.05) is 0 Å². The van der Waals surface area contributed by atoms with Crippen LogP contribution in [-0.2, 0) is 21.4 Å². The number of ether oxygens (including phenoxy) is 1. The zero-order valence-corrected chi connectivity index (χ0v) is 17.2. The van der Waals surface area contributed by atoms with Crippen molar-refractivity contribution in [3.05, 3.63) is 35.7 Å². The van der Waals surface area contributed by atoms with Gasteiger partial charge in [0.1, 0.15) is 11.4 Å². The predicted molar refractivity (Wildman–Crippen MR) is 104 cm³/mol. The molecule has 2 fully saturated rings. The average Bonchev–Trinajstić information content (AvgIpc) is 3.29. The number of methoxy groups -OCH3 is 1. The van der Waals surface area contributed by atoms with Crippen LogP contribution < -0.4 is 10.5 Å². The van der Waals surface area contributed by atoms with Crippen LogP contribution in [0.3, 0.4) is 0 Å². The maximum absolute atomic E-state index is 12.9. The molecule has 0 spiro atoms. The van der Waals surface area contributed by atoms with Crippen molar-refractivity contribution < 1.29 is 22.7 Å². The molecule has 1 aromatic heterocycles. The second kappa shape index (κ2) is 7.69. The second-order valence-corrected chi connectivity index (χ2v) is 9.25. The first-order valence-electron chi connectivity index (χ1n) is 9.46. The van der Waals surface area contributed by atoms with Crippen LogP contribution in [0.25, 0.3) is 0 Å². The number of carbonyl (C=O) groups excluding carboxylic acids is 2. The predicted octanol–water partition coefficient (Wildman–Crippen LogP) is -0.246. The minimum atomic E-state index is -3.79. The number of nitrogens with two attached hydrogens (primary N) is 1. The zero-order valence-electron chi connectivity index (χ0n) is 16.4. The average molecular weight is 434 g/mol. The van der Waals surface area contributed by atoms with Gasteiger partial charge in [-0.1, -0.05) is 5.21 Å². The largest absolute Gasteiger partial charge is 0.496 e. The highest BCUT2D eigenvalue weighted by molar-refractivity contribution is 7.89. The van der Waals surface area contributed by atoms with Crippen LogP contribution in [0.15, 0.2) is 29.3 Å². The molecule has 0 radical (unpaired) electrons. The number of sulfonamides is 1. The van der Waals surface area contributed by atoms with Crippen LogP contribution in [0.5, 0.6) is 5.75 Å². The molecule has 2 amide bonds. The molecule has 0 bridgehead atoms. The molecule has 2 aliphatic rings. The Hall–Kier alpha value is -2.99. The third-order valence-electron chi connectivity index (χ3n) is 5.36. The van der Waals surface area contributed by atoms with Crippen LogP contribution in [0.4, 0.5) is 0 Å². The van der Waals surface area contributed by atoms with Gasteiger partial charge in [-0.15, -0.1) is 5.10 Å². The number of primary amides is 1. The molecular weight excluding hydrogens is 412 g/mol. The van der Waals surface area contributed by atoms with E-state index in [-0.39, 0.29) is 41.2 Å². The zero-order chi connectivity index (χ0) is 21.5. The molecule has 11 nitrogen and oxygen atoms in total. The van der Waals surface area contributed by atoms with E-state index in [0.29, 0.717) is 18.7 Å². The summed E-state index contributed by atoms with van der Waals surface area (Å²) in [6, 6.07) is 3.87. The van der Waals surface area contributed by atoms with E-state index < -0.39 is 15.9 Å². The van der Waals surface area contributed by atoms with Gasteiger partial charge in [-0.25, -0.2) is 13.1 Å². The lowest BCUT2D eigenvalue weighted by atomic mass is 10.2. The smallest absolute Gasteiger partial charge is 0.252 e. The molecule has 30 heavy (non-hydrogen) atoms. The summed E-state index contributed by atoms with van der Waals surface area (Å²) in [6.45, 7) is 1.59. The number of rotatable bonds is 7. The first-order chi connectivity index (χ1) is 14.3. The van der Waals surface area contributed by atoms with E-state index in [1.54, 1.807) is 15.8 Å². The standard InChI is InChI=1S/C18H22N6O5S/c1-29-16-5-4-14(7-15(16)18(19)26)30(27,28)23-10-13(11-23)24-9-12(20-21-24)8-22-6-2-3-17(22)25/h4-5,7,9,13H,2-3,6,8,10-11H2,1H3,(H2,19,26). The van der Waals surface area contributed by atoms with Gasteiger partial charge in [0.2, 0.25) is 15.9 Å². The molecule has 0 saturated carbocycles. The Morgan fingerprint density at radius 1 is 1.33 bits per heavy atom. The van der Waals surface area contributed by atoms with E-state index in [9.17, 15) is 18.0 Å². The molecule has 4 rings (SSSR count). The van der Waals surface area contributed by atoms with Gasteiger partial charge >= 0.3 is 0 Å². The SMILES string of the molecule is COc1ccc(S(=O)(=O)N2CC(n3cc(CN4CCCC4=O)nn3)C2)cc1C(N)=O. The summed E-state index contributed by atoms with van der Waals surface area (Å²) >= 11 is 0. The van der Waals surface area contributed by atoms with E-state index in [0.717, 1.165) is 13.0 Å².